The lowest BCUT2D eigenvalue weighted by atomic mass is 10.0. The van der Waals surface area contributed by atoms with Crippen molar-refractivity contribution in [3.63, 3.8) is 0 Å². The molecule has 18 heavy (non-hydrogen) atoms. The minimum atomic E-state index is -0.755. The molecule has 1 aromatic rings. The standard InChI is InChI=1S/C13H15Cl2NO2/c14-9-3-4-10(11(15)7-9)12(17)16-8-13(18)5-1-2-6-13/h3-4,7,18H,1-2,5-6,8H2,(H,16,17). The van der Waals surface area contributed by atoms with Gasteiger partial charge in [0.1, 0.15) is 0 Å². The highest BCUT2D eigenvalue weighted by Crippen LogP contribution is 2.29. The van der Waals surface area contributed by atoms with Gasteiger partial charge in [-0.2, -0.15) is 0 Å². The molecule has 5 heteroatoms. The second-order valence-electron chi connectivity index (χ2n) is 4.74. The number of hydrogen-bond donors (Lipinski definition) is 2. The van der Waals surface area contributed by atoms with Crippen molar-refractivity contribution in [2.45, 2.75) is 31.3 Å². The number of nitrogens with one attached hydrogen (secondary N) is 1. The van der Waals surface area contributed by atoms with Crippen LogP contribution in [0.15, 0.2) is 18.2 Å². The highest BCUT2D eigenvalue weighted by atomic mass is 35.5. The van der Waals surface area contributed by atoms with Crippen molar-refractivity contribution in [2.75, 3.05) is 6.54 Å². The summed E-state index contributed by atoms with van der Waals surface area (Å²) in [6.45, 7) is 0.269. The number of hydrogen-bond acceptors (Lipinski definition) is 2. The molecule has 0 aliphatic heterocycles. The molecule has 1 saturated carbocycles. The third-order valence-corrected chi connectivity index (χ3v) is 3.84. The molecule has 0 radical (unpaired) electrons. The Kier molecular flexibility index (Phi) is 4.15. The molecule has 1 aliphatic rings. The van der Waals surface area contributed by atoms with Gasteiger partial charge in [0.05, 0.1) is 16.2 Å². The van der Waals surface area contributed by atoms with Gasteiger partial charge in [-0.25, -0.2) is 0 Å². The SMILES string of the molecule is O=C(NCC1(O)CCCC1)c1ccc(Cl)cc1Cl. The van der Waals surface area contributed by atoms with E-state index in [-0.39, 0.29) is 12.5 Å². The van der Waals surface area contributed by atoms with Crippen LogP contribution in [0.5, 0.6) is 0 Å². The van der Waals surface area contributed by atoms with Gasteiger partial charge >= 0.3 is 0 Å². The lowest BCUT2D eigenvalue weighted by Crippen LogP contribution is -2.40. The number of rotatable bonds is 3. The highest BCUT2D eigenvalue weighted by molar-refractivity contribution is 6.36. The first-order chi connectivity index (χ1) is 8.50. The molecule has 3 nitrogen and oxygen atoms in total. The van der Waals surface area contributed by atoms with Crippen LogP contribution >= 0.6 is 23.2 Å². The van der Waals surface area contributed by atoms with Gasteiger partial charge in [-0.15, -0.1) is 0 Å². The minimum Gasteiger partial charge on any atom is -0.388 e. The number of halogens is 2. The van der Waals surface area contributed by atoms with Crippen molar-refractivity contribution in [2.24, 2.45) is 0 Å². The molecule has 1 fully saturated rings. The fourth-order valence-corrected chi connectivity index (χ4v) is 2.72. The Morgan fingerprint density at radius 1 is 1.33 bits per heavy atom. The van der Waals surface area contributed by atoms with Gasteiger partial charge in [0, 0.05) is 11.6 Å². The van der Waals surface area contributed by atoms with Gasteiger partial charge in [0.2, 0.25) is 0 Å². The maximum Gasteiger partial charge on any atom is 0.252 e. The predicted octanol–water partition coefficient (Wildman–Crippen LogP) is 3.03. The molecule has 1 aliphatic carbocycles. The summed E-state index contributed by atoms with van der Waals surface area (Å²) in [5, 5.41) is 13.7. The molecule has 98 valence electrons. The quantitative estimate of drug-likeness (QED) is 0.898. The number of amides is 1. The summed E-state index contributed by atoms with van der Waals surface area (Å²) in [6.07, 6.45) is 3.49. The Hall–Kier alpha value is -0.770. The van der Waals surface area contributed by atoms with Crippen LogP contribution in [-0.4, -0.2) is 23.2 Å². The van der Waals surface area contributed by atoms with Gasteiger partial charge in [-0.1, -0.05) is 36.0 Å². The van der Waals surface area contributed by atoms with Crippen molar-refractivity contribution in [3.05, 3.63) is 33.8 Å². The first-order valence-corrected chi connectivity index (χ1v) is 6.71. The van der Waals surface area contributed by atoms with Crippen molar-refractivity contribution in [3.8, 4) is 0 Å². The first-order valence-electron chi connectivity index (χ1n) is 5.96. The zero-order valence-electron chi connectivity index (χ0n) is 9.88. The van der Waals surface area contributed by atoms with E-state index in [1.165, 1.54) is 6.07 Å². The fourth-order valence-electron chi connectivity index (χ4n) is 2.22. The molecule has 0 heterocycles. The van der Waals surface area contributed by atoms with E-state index in [1.54, 1.807) is 12.1 Å². The van der Waals surface area contributed by atoms with Gasteiger partial charge < -0.3 is 10.4 Å². The molecule has 0 bridgehead atoms. The maximum atomic E-state index is 11.9. The second-order valence-corrected chi connectivity index (χ2v) is 5.58. The van der Waals surface area contributed by atoms with E-state index in [4.69, 9.17) is 23.2 Å². The summed E-state index contributed by atoms with van der Waals surface area (Å²) in [7, 11) is 0. The lowest BCUT2D eigenvalue weighted by Gasteiger charge is -2.22. The normalized spacial score (nSPS) is 17.7. The topological polar surface area (TPSA) is 49.3 Å². The predicted molar refractivity (Wildman–Crippen MR) is 72.2 cm³/mol. The Labute approximate surface area is 116 Å². The Morgan fingerprint density at radius 3 is 2.61 bits per heavy atom. The van der Waals surface area contributed by atoms with E-state index < -0.39 is 5.60 Å². The van der Waals surface area contributed by atoms with Crippen LogP contribution < -0.4 is 5.32 Å². The van der Waals surface area contributed by atoms with Gasteiger partial charge in [0.25, 0.3) is 5.91 Å². The van der Waals surface area contributed by atoms with Crippen molar-refractivity contribution in [1.29, 1.82) is 0 Å². The monoisotopic (exact) mass is 287 g/mol. The summed E-state index contributed by atoms with van der Waals surface area (Å²) in [5.41, 5.74) is -0.378. The summed E-state index contributed by atoms with van der Waals surface area (Å²) >= 11 is 11.7. The third kappa shape index (κ3) is 3.16. The second kappa shape index (κ2) is 5.47. The zero-order chi connectivity index (χ0) is 13.2. The molecule has 0 saturated heterocycles. The van der Waals surface area contributed by atoms with Crippen molar-refractivity contribution < 1.29 is 9.90 Å². The third-order valence-electron chi connectivity index (χ3n) is 3.29. The summed E-state index contributed by atoms with van der Waals surface area (Å²) in [6, 6.07) is 4.73. The highest BCUT2D eigenvalue weighted by Gasteiger charge is 2.31. The summed E-state index contributed by atoms with van der Waals surface area (Å²) in [5.74, 6) is -0.281. The Morgan fingerprint density at radius 2 is 2.00 bits per heavy atom. The lowest BCUT2D eigenvalue weighted by molar-refractivity contribution is 0.0449. The van der Waals surface area contributed by atoms with E-state index >= 15 is 0 Å². The number of aliphatic hydroxyl groups is 1. The first kappa shape index (κ1) is 13.7. The van der Waals surface area contributed by atoms with Crippen LogP contribution in [-0.2, 0) is 0 Å². The molecule has 0 unspecified atom stereocenters. The molecule has 1 aromatic carbocycles. The van der Waals surface area contributed by atoms with E-state index in [9.17, 15) is 9.90 Å². The van der Waals surface area contributed by atoms with Crippen LogP contribution in [0.25, 0.3) is 0 Å². The van der Waals surface area contributed by atoms with E-state index in [0.29, 0.717) is 15.6 Å². The zero-order valence-corrected chi connectivity index (χ0v) is 11.4. The van der Waals surface area contributed by atoms with Crippen LogP contribution in [0.2, 0.25) is 10.0 Å². The maximum absolute atomic E-state index is 11.9. The Balaban J connectivity index is 1.99. The summed E-state index contributed by atoms with van der Waals surface area (Å²) < 4.78 is 0. The molecule has 0 spiro atoms. The van der Waals surface area contributed by atoms with Gasteiger partial charge in [-0.05, 0) is 31.0 Å². The molecule has 0 aromatic heterocycles. The van der Waals surface area contributed by atoms with E-state index in [1.807, 2.05) is 0 Å². The van der Waals surface area contributed by atoms with E-state index in [2.05, 4.69) is 5.32 Å². The smallest absolute Gasteiger partial charge is 0.252 e. The minimum absolute atomic E-state index is 0.269. The number of carbonyl (C=O) groups excluding carboxylic acids is 1. The molecular weight excluding hydrogens is 273 g/mol. The van der Waals surface area contributed by atoms with Crippen LogP contribution in [0.3, 0.4) is 0 Å². The number of benzene rings is 1. The van der Waals surface area contributed by atoms with Crippen molar-refractivity contribution in [1.82, 2.24) is 5.32 Å². The van der Waals surface area contributed by atoms with Crippen LogP contribution in [0, 0.1) is 0 Å². The Bertz CT molecular complexity index is 456. The largest absolute Gasteiger partial charge is 0.388 e. The van der Waals surface area contributed by atoms with E-state index in [0.717, 1.165) is 25.7 Å². The average Bonchev–Trinajstić information content (AvgIpc) is 2.74. The van der Waals surface area contributed by atoms with Crippen molar-refractivity contribution >= 4 is 29.1 Å². The average molecular weight is 288 g/mol. The molecular formula is C13H15Cl2NO2. The fraction of sp³-hybridized carbons (Fsp3) is 0.462. The molecule has 2 N–H and O–H groups in total. The van der Waals surface area contributed by atoms with Gasteiger partial charge in [-0.3, -0.25) is 4.79 Å². The number of carbonyl (C=O) groups is 1. The molecule has 1 amide bonds. The van der Waals surface area contributed by atoms with Crippen LogP contribution in [0.4, 0.5) is 0 Å². The molecule has 2 rings (SSSR count). The van der Waals surface area contributed by atoms with Gasteiger partial charge in [0.15, 0.2) is 0 Å². The molecule has 0 atom stereocenters. The summed E-state index contributed by atoms with van der Waals surface area (Å²) in [4.78, 5) is 11.9. The van der Waals surface area contributed by atoms with Crippen LogP contribution in [0.1, 0.15) is 36.0 Å².